The molecule has 0 amide bonds. The maximum atomic E-state index is 5.40. The highest BCUT2D eigenvalue weighted by atomic mass is 16.5. The molecule has 1 saturated heterocycles. The van der Waals surface area contributed by atoms with Gasteiger partial charge in [-0.1, -0.05) is 0 Å². The standard InChI is InChI=1S/C12H20N4O/c1-4-17-11-7-10(13-9-14-11)16-6-5-15-12(2,3)8-16/h7,9,15H,4-6,8H2,1-3H3. The van der Waals surface area contributed by atoms with E-state index in [-0.39, 0.29) is 5.54 Å². The summed E-state index contributed by atoms with van der Waals surface area (Å²) in [5, 5.41) is 3.48. The highest BCUT2D eigenvalue weighted by Gasteiger charge is 2.26. The molecule has 0 atom stereocenters. The van der Waals surface area contributed by atoms with Crippen LogP contribution in [-0.2, 0) is 0 Å². The molecule has 0 spiro atoms. The Bertz CT molecular complexity index is 381. The van der Waals surface area contributed by atoms with E-state index in [0.717, 1.165) is 25.5 Å². The van der Waals surface area contributed by atoms with Gasteiger partial charge >= 0.3 is 0 Å². The molecule has 1 aromatic heterocycles. The average Bonchev–Trinajstić information content (AvgIpc) is 2.28. The molecule has 2 rings (SSSR count). The molecule has 94 valence electrons. The molecule has 5 nitrogen and oxygen atoms in total. The van der Waals surface area contributed by atoms with Gasteiger partial charge in [0.25, 0.3) is 0 Å². The fourth-order valence-electron chi connectivity index (χ4n) is 2.07. The molecule has 1 aliphatic heterocycles. The second-order valence-corrected chi connectivity index (χ2v) is 4.88. The van der Waals surface area contributed by atoms with Crippen LogP contribution in [0.15, 0.2) is 12.4 Å². The van der Waals surface area contributed by atoms with Gasteiger partial charge < -0.3 is 15.0 Å². The smallest absolute Gasteiger partial charge is 0.218 e. The number of anilines is 1. The van der Waals surface area contributed by atoms with Gasteiger partial charge in [-0.05, 0) is 20.8 Å². The summed E-state index contributed by atoms with van der Waals surface area (Å²) >= 11 is 0. The summed E-state index contributed by atoms with van der Waals surface area (Å²) in [6.45, 7) is 9.86. The molecule has 0 unspecified atom stereocenters. The molecular weight excluding hydrogens is 216 g/mol. The van der Waals surface area contributed by atoms with Crippen molar-refractivity contribution in [1.82, 2.24) is 15.3 Å². The van der Waals surface area contributed by atoms with E-state index in [4.69, 9.17) is 4.74 Å². The molecule has 5 heteroatoms. The number of rotatable bonds is 3. The minimum absolute atomic E-state index is 0.120. The number of ether oxygens (including phenoxy) is 1. The Labute approximate surface area is 102 Å². The van der Waals surface area contributed by atoms with Crippen LogP contribution in [0.1, 0.15) is 20.8 Å². The lowest BCUT2D eigenvalue weighted by Crippen LogP contribution is -2.57. The van der Waals surface area contributed by atoms with Crippen LogP contribution in [0.2, 0.25) is 0 Å². The second kappa shape index (κ2) is 4.87. The summed E-state index contributed by atoms with van der Waals surface area (Å²) in [6.07, 6.45) is 1.56. The van der Waals surface area contributed by atoms with Crippen molar-refractivity contribution in [3.05, 3.63) is 12.4 Å². The fraction of sp³-hybridized carbons (Fsp3) is 0.667. The predicted molar refractivity (Wildman–Crippen MR) is 67.5 cm³/mol. The van der Waals surface area contributed by atoms with Crippen LogP contribution >= 0.6 is 0 Å². The van der Waals surface area contributed by atoms with E-state index in [9.17, 15) is 0 Å². The Morgan fingerprint density at radius 1 is 1.47 bits per heavy atom. The minimum Gasteiger partial charge on any atom is -0.478 e. The van der Waals surface area contributed by atoms with Crippen molar-refractivity contribution in [2.24, 2.45) is 0 Å². The van der Waals surface area contributed by atoms with E-state index < -0.39 is 0 Å². The summed E-state index contributed by atoms with van der Waals surface area (Å²) in [4.78, 5) is 10.7. The summed E-state index contributed by atoms with van der Waals surface area (Å²) in [7, 11) is 0. The molecule has 0 aliphatic carbocycles. The van der Waals surface area contributed by atoms with E-state index in [0.29, 0.717) is 12.5 Å². The second-order valence-electron chi connectivity index (χ2n) is 4.88. The number of hydrogen-bond acceptors (Lipinski definition) is 5. The Morgan fingerprint density at radius 2 is 2.29 bits per heavy atom. The van der Waals surface area contributed by atoms with Gasteiger partial charge in [0.15, 0.2) is 0 Å². The number of hydrogen-bond donors (Lipinski definition) is 1. The van der Waals surface area contributed by atoms with Crippen LogP contribution in [0.5, 0.6) is 5.88 Å². The van der Waals surface area contributed by atoms with Crippen molar-refractivity contribution in [3.8, 4) is 5.88 Å². The fourth-order valence-corrected chi connectivity index (χ4v) is 2.07. The van der Waals surface area contributed by atoms with Gasteiger partial charge in [0.05, 0.1) is 6.61 Å². The first kappa shape index (κ1) is 12.1. The lowest BCUT2D eigenvalue weighted by molar-refractivity contribution is 0.324. The molecule has 0 aromatic carbocycles. The molecule has 1 aliphatic rings. The van der Waals surface area contributed by atoms with Crippen LogP contribution in [-0.4, -0.2) is 41.7 Å². The highest BCUT2D eigenvalue weighted by molar-refractivity contribution is 5.42. The van der Waals surface area contributed by atoms with Gasteiger partial charge in [0.2, 0.25) is 5.88 Å². The minimum atomic E-state index is 0.120. The first-order valence-corrected chi connectivity index (χ1v) is 6.05. The molecular formula is C12H20N4O. The molecule has 1 fully saturated rings. The van der Waals surface area contributed by atoms with Gasteiger partial charge in [-0.25, -0.2) is 9.97 Å². The lowest BCUT2D eigenvalue weighted by Gasteiger charge is -2.39. The number of piperazine rings is 1. The van der Waals surface area contributed by atoms with Gasteiger partial charge in [0.1, 0.15) is 12.1 Å². The maximum Gasteiger partial charge on any atom is 0.218 e. The SMILES string of the molecule is CCOc1cc(N2CCNC(C)(C)C2)ncn1. The van der Waals surface area contributed by atoms with E-state index in [1.807, 2.05) is 13.0 Å². The normalized spacial score (nSPS) is 19.1. The number of nitrogens with zero attached hydrogens (tertiary/aromatic N) is 3. The first-order chi connectivity index (χ1) is 8.11. The zero-order valence-electron chi connectivity index (χ0n) is 10.7. The van der Waals surface area contributed by atoms with Crippen molar-refractivity contribution in [2.45, 2.75) is 26.3 Å². The van der Waals surface area contributed by atoms with Crippen molar-refractivity contribution >= 4 is 5.82 Å². The molecule has 1 aromatic rings. The summed E-state index contributed by atoms with van der Waals surface area (Å²) in [5.41, 5.74) is 0.120. The third-order valence-electron chi connectivity index (χ3n) is 2.82. The molecule has 1 N–H and O–H groups in total. The molecule has 0 radical (unpaired) electrons. The quantitative estimate of drug-likeness (QED) is 0.850. The Morgan fingerprint density at radius 3 is 3.00 bits per heavy atom. The monoisotopic (exact) mass is 236 g/mol. The van der Waals surface area contributed by atoms with Crippen LogP contribution in [0, 0.1) is 0 Å². The zero-order chi connectivity index (χ0) is 12.3. The predicted octanol–water partition coefficient (Wildman–Crippen LogP) is 1.06. The van der Waals surface area contributed by atoms with E-state index in [1.54, 1.807) is 6.33 Å². The third kappa shape index (κ3) is 3.06. The highest BCUT2D eigenvalue weighted by Crippen LogP contribution is 2.20. The summed E-state index contributed by atoms with van der Waals surface area (Å²) in [5.74, 6) is 1.59. The van der Waals surface area contributed by atoms with E-state index in [1.165, 1.54) is 0 Å². The van der Waals surface area contributed by atoms with Crippen LogP contribution < -0.4 is 15.0 Å². The van der Waals surface area contributed by atoms with Gasteiger partial charge in [0, 0.05) is 31.2 Å². The van der Waals surface area contributed by atoms with Crippen LogP contribution in [0.3, 0.4) is 0 Å². The van der Waals surface area contributed by atoms with Crippen LogP contribution in [0.25, 0.3) is 0 Å². The topological polar surface area (TPSA) is 50.3 Å². The van der Waals surface area contributed by atoms with Crippen molar-refractivity contribution in [3.63, 3.8) is 0 Å². The van der Waals surface area contributed by atoms with Gasteiger partial charge in [-0.15, -0.1) is 0 Å². The van der Waals surface area contributed by atoms with E-state index in [2.05, 4.69) is 34.0 Å². The molecule has 0 bridgehead atoms. The Kier molecular flexibility index (Phi) is 3.47. The molecule has 2 heterocycles. The van der Waals surface area contributed by atoms with Gasteiger partial charge in [-0.2, -0.15) is 0 Å². The first-order valence-electron chi connectivity index (χ1n) is 6.05. The van der Waals surface area contributed by atoms with Gasteiger partial charge in [-0.3, -0.25) is 0 Å². The molecule has 17 heavy (non-hydrogen) atoms. The zero-order valence-corrected chi connectivity index (χ0v) is 10.7. The average molecular weight is 236 g/mol. The van der Waals surface area contributed by atoms with Crippen molar-refractivity contribution in [1.29, 1.82) is 0 Å². The summed E-state index contributed by atoms with van der Waals surface area (Å²) < 4.78 is 5.40. The third-order valence-corrected chi connectivity index (χ3v) is 2.82. The summed E-state index contributed by atoms with van der Waals surface area (Å²) in [6, 6.07) is 1.91. The van der Waals surface area contributed by atoms with Crippen molar-refractivity contribution < 1.29 is 4.74 Å². The molecule has 0 saturated carbocycles. The number of aromatic nitrogens is 2. The van der Waals surface area contributed by atoms with Crippen molar-refractivity contribution in [2.75, 3.05) is 31.1 Å². The Balaban J connectivity index is 2.13. The van der Waals surface area contributed by atoms with Crippen LogP contribution in [0.4, 0.5) is 5.82 Å². The largest absolute Gasteiger partial charge is 0.478 e. The lowest BCUT2D eigenvalue weighted by atomic mass is 10.0. The number of nitrogens with one attached hydrogen (secondary N) is 1. The Hall–Kier alpha value is -1.36. The maximum absolute atomic E-state index is 5.40. The van der Waals surface area contributed by atoms with E-state index >= 15 is 0 Å².